The first-order chi connectivity index (χ1) is 14.1. The maximum Gasteiger partial charge on any atom is 0.401 e. The van der Waals surface area contributed by atoms with Gasteiger partial charge in [0.1, 0.15) is 17.1 Å². The molecule has 10 heteroatoms. The van der Waals surface area contributed by atoms with Crippen LogP contribution in [0.4, 0.5) is 13.2 Å². The molecule has 0 aliphatic carbocycles. The Morgan fingerprint density at radius 3 is 2.23 bits per heavy atom. The van der Waals surface area contributed by atoms with E-state index in [1.54, 1.807) is 20.8 Å². The van der Waals surface area contributed by atoms with Crippen molar-refractivity contribution in [2.75, 3.05) is 20.2 Å². The van der Waals surface area contributed by atoms with Crippen LogP contribution in [0, 0.1) is 5.92 Å². The van der Waals surface area contributed by atoms with Crippen molar-refractivity contribution in [2.45, 2.75) is 52.4 Å². The molecule has 0 aromatic heterocycles. The third kappa shape index (κ3) is 9.82. The van der Waals surface area contributed by atoms with Gasteiger partial charge in [0, 0.05) is 6.54 Å². The smallest absolute Gasteiger partial charge is 0.401 e. The molecule has 0 bridgehead atoms. The number of carbonyl (C=O) groups excluding carboxylic acids is 3. The van der Waals surface area contributed by atoms with Gasteiger partial charge in [0.2, 0.25) is 0 Å². The molecule has 1 unspecified atom stereocenters. The summed E-state index contributed by atoms with van der Waals surface area (Å²) in [6, 6.07) is 4.41. The van der Waals surface area contributed by atoms with E-state index in [0.29, 0.717) is 11.1 Å². The topological polar surface area (TPSA) is 96.0 Å². The summed E-state index contributed by atoms with van der Waals surface area (Å²) in [5.74, 6) is -4.05. The Balaban J connectivity index is 3.07. The van der Waals surface area contributed by atoms with Gasteiger partial charge in [-0.15, -0.1) is 0 Å². The summed E-state index contributed by atoms with van der Waals surface area (Å²) in [5, 5.41) is 11.2. The van der Waals surface area contributed by atoms with Crippen molar-refractivity contribution in [3.63, 3.8) is 0 Å². The van der Waals surface area contributed by atoms with Gasteiger partial charge in [-0.25, -0.2) is 0 Å². The Morgan fingerprint density at radius 1 is 1.16 bits per heavy atom. The van der Waals surface area contributed by atoms with Crippen LogP contribution in [0.25, 0.3) is 0 Å². The van der Waals surface area contributed by atoms with Gasteiger partial charge < -0.3 is 19.4 Å². The quantitative estimate of drug-likeness (QED) is 0.400. The molecule has 0 N–H and O–H groups in total. The number of esters is 1. The molecule has 0 radical (unpaired) electrons. The Morgan fingerprint density at radius 2 is 1.77 bits per heavy atom. The van der Waals surface area contributed by atoms with Gasteiger partial charge in [0.05, 0.1) is 32.1 Å². The number of hydrogen-bond donors (Lipinski definition) is 0. The van der Waals surface area contributed by atoms with Crippen LogP contribution in [0.1, 0.15) is 38.8 Å². The van der Waals surface area contributed by atoms with Gasteiger partial charge in [-0.1, -0.05) is 12.1 Å². The lowest BCUT2D eigenvalue weighted by Crippen LogP contribution is -2.39. The fourth-order valence-corrected chi connectivity index (χ4v) is 2.90. The number of ketones is 1. The summed E-state index contributed by atoms with van der Waals surface area (Å²) in [6.45, 7) is 3.85. The van der Waals surface area contributed by atoms with E-state index in [9.17, 15) is 32.7 Å². The molecule has 1 aromatic rings. The molecule has 174 valence electrons. The molecule has 0 saturated carbocycles. The third-order valence-corrected chi connectivity index (χ3v) is 4.13. The van der Waals surface area contributed by atoms with Crippen LogP contribution in [0.2, 0.25) is 0 Å². The molecule has 0 heterocycles. The second kappa shape index (κ2) is 10.6. The van der Waals surface area contributed by atoms with E-state index in [1.807, 2.05) is 0 Å². The predicted octanol–water partition coefficient (Wildman–Crippen LogP) is 1.90. The van der Waals surface area contributed by atoms with Crippen molar-refractivity contribution in [1.29, 1.82) is 0 Å². The van der Waals surface area contributed by atoms with Gasteiger partial charge in [-0.05, 0) is 51.3 Å². The average Bonchev–Trinajstić information content (AvgIpc) is 2.56. The minimum absolute atomic E-state index is 0.175. The number of alkyl halides is 3. The molecule has 1 rings (SSSR count). The van der Waals surface area contributed by atoms with Crippen molar-refractivity contribution in [1.82, 2.24) is 4.90 Å². The molecule has 7 nitrogen and oxygen atoms in total. The second-order valence-corrected chi connectivity index (χ2v) is 8.18. The Bertz CT molecular complexity index is 787. The van der Waals surface area contributed by atoms with E-state index in [4.69, 9.17) is 9.47 Å². The standard InChI is InChI=1S/C21H28F3NO6/c1-13(26)16(19(28)29)9-15-7-6-14(8-17(15)30-5)10-25(12-21(22,23)24)11-18(27)31-20(2,3)4/h6-8,16H,9-12H2,1-5H3,(H,28,29)/p-1. The van der Waals surface area contributed by atoms with E-state index < -0.39 is 48.5 Å². The van der Waals surface area contributed by atoms with Crippen molar-refractivity contribution in [3.8, 4) is 5.75 Å². The van der Waals surface area contributed by atoms with E-state index in [2.05, 4.69) is 0 Å². The SMILES string of the molecule is COc1cc(CN(CC(=O)OC(C)(C)C)CC(F)(F)F)ccc1CC(C(C)=O)C(=O)[O-]. The molecule has 0 aliphatic rings. The summed E-state index contributed by atoms with van der Waals surface area (Å²) in [5.41, 5.74) is -0.0376. The summed E-state index contributed by atoms with van der Waals surface area (Å²) < 4.78 is 49.3. The molecular weight excluding hydrogens is 419 g/mol. The fourth-order valence-electron chi connectivity index (χ4n) is 2.90. The van der Waals surface area contributed by atoms with E-state index >= 15 is 0 Å². The first kappa shape index (κ1) is 26.4. The van der Waals surface area contributed by atoms with Crippen molar-refractivity contribution >= 4 is 17.7 Å². The molecule has 0 aliphatic heterocycles. The van der Waals surface area contributed by atoms with E-state index in [-0.39, 0.29) is 18.7 Å². The molecule has 0 saturated heterocycles. The number of ether oxygens (including phenoxy) is 2. The summed E-state index contributed by atoms with van der Waals surface area (Å²) in [6.07, 6.45) is -4.71. The number of hydrogen-bond acceptors (Lipinski definition) is 7. The van der Waals surface area contributed by atoms with Gasteiger partial charge in [-0.3, -0.25) is 14.5 Å². The van der Waals surface area contributed by atoms with Crippen LogP contribution in [0.15, 0.2) is 18.2 Å². The molecule has 0 amide bonds. The Hall–Kier alpha value is -2.62. The molecule has 31 heavy (non-hydrogen) atoms. The zero-order valence-corrected chi connectivity index (χ0v) is 18.2. The summed E-state index contributed by atoms with van der Waals surface area (Å²) in [7, 11) is 1.32. The molecule has 1 atom stereocenters. The van der Waals surface area contributed by atoms with Crippen molar-refractivity contribution in [3.05, 3.63) is 29.3 Å². The van der Waals surface area contributed by atoms with Crippen LogP contribution in [-0.4, -0.2) is 54.6 Å². The summed E-state index contributed by atoms with van der Waals surface area (Å²) in [4.78, 5) is 35.6. The number of benzene rings is 1. The molecule has 0 fully saturated rings. The predicted molar refractivity (Wildman–Crippen MR) is 103 cm³/mol. The highest BCUT2D eigenvalue weighted by Gasteiger charge is 2.32. The number of carbonyl (C=O) groups is 3. The number of Topliss-reactive ketones (excluding diaryl/α,β-unsaturated/α-hetero) is 1. The van der Waals surface area contributed by atoms with Crippen LogP contribution in [-0.2, 0) is 32.1 Å². The molecule has 0 spiro atoms. The largest absolute Gasteiger partial charge is 0.549 e. The highest BCUT2D eigenvalue weighted by molar-refractivity contribution is 5.96. The normalized spacial score (nSPS) is 13.1. The lowest BCUT2D eigenvalue weighted by Gasteiger charge is -2.26. The first-order valence-electron chi connectivity index (χ1n) is 9.49. The van der Waals surface area contributed by atoms with E-state index in [1.165, 1.54) is 25.3 Å². The highest BCUT2D eigenvalue weighted by atomic mass is 19.4. The van der Waals surface area contributed by atoms with Crippen molar-refractivity contribution < 1.29 is 42.1 Å². The number of carboxylic acid groups (broad SMARTS) is 1. The van der Waals surface area contributed by atoms with Crippen molar-refractivity contribution in [2.24, 2.45) is 5.92 Å². The Kier molecular flexibility index (Phi) is 9.04. The fraction of sp³-hybridized carbons (Fsp3) is 0.571. The monoisotopic (exact) mass is 446 g/mol. The van der Waals surface area contributed by atoms with Crippen LogP contribution < -0.4 is 9.84 Å². The lowest BCUT2D eigenvalue weighted by atomic mass is 9.94. The lowest BCUT2D eigenvalue weighted by molar-refractivity contribution is -0.309. The maximum atomic E-state index is 13.0. The number of nitrogens with zero attached hydrogens (tertiary/aromatic N) is 1. The molecular formula is C21H27F3NO6-. The first-order valence-corrected chi connectivity index (χ1v) is 9.49. The van der Waals surface area contributed by atoms with Crippen LogP contribution in [0.3, 0.4) is 0 Å². The number of methoxy groups -OCH3 is 1. The van der Waals surface area contributed by atoms with E-state index in [0.717, 1.165) is 11.8 Å². The minimum atomic E-state index is -4.53. The van der Waals surface area contributed by atoms with Crippen LogP contribution in [0.5, 0.6) is 5.75 Å². The third-order valence-electron chi connectivity index (χ3n) is 4.13. The maximum absolute atomic E-state index is 13.0. The number of carboxylic acids is 1. The van der Waals surface area contributed by atoms with Gasteiger partial charge in [0.15, 0.2) is 0 Å². The second-order valence-electron chi connectivity index (χ2n) is 8.18. The van der Waals surface area contributed by atoms with Gasteiger partial charge in [0.25, 0.3) is 0 Å². The summed E-state index contributed by atoms with van der Waals surface area (Å²) >= 11 is 0. The zero-order chi connectivity index (χ0) is 24.0. The number of aliphatic carboxylic acids is 1. The highest BCUT2D eigenvalue weighted by Crippen LogP contribution is 2.25. The zero-order valence-electron chi connectivity index (χ0n) is 18.2. The average molecular weight is 446 g/mol. The Labute approximate surface area is 179 Å². The van der Waals surface area contributed by atoms with Crippen LogP contribution >= 0.6 is 0 Å². The minimum Gasteiger partial charge on any atom is -0.549 e. The van der Waals surface area contributed by atoms with Gasteiger partial charge in [-0.2, -0.15) is 13.2 Å². The molecule has 1 aromatic carbocycles. The number of rotatable bonds is 10. The van der Waals surface area contributed by atoms with Gasteiger partial charge >= 0.3 is 12.1 Å². The number of halogens is 3.